The van der Waals surface area contributed by atoms with Crippen LogP contribution in [0.3, 0.4) is 0 Å². The third-order valence-electron chi connectivity index (χ3n) is 3.04. The summed E-state index contributed by atoms with van der Waals surface area (Å²) in [6.45, 7) is 8.84. The number of aryl methyl sites for hydroxylation is 1. The summed E-state index contributed by atoms with van der Waals surface area (Å²) in [6.07, 6.45) is 2.21. The van der Waals surface area contributed by atoms with Crippen LogP contribution in [0.4, 0.5) is 0 Å². The largest absolute Gasteiger partial charge is 0.369 e. The Kier molecular flexibility index (Phi) is 7.89. The van der Waals surface area contributed by atoms with Crippen molar-refractivity contribution in [1.82, 2.24) is 4.31 Å². The smallest absolute Gasteiger partial charge is 0.243 e. The number of nitrogens with zero attached hydrogens (tertiary/aromatic N) is 1. The number of hydrogen-bond donors (Lipinski definition) is 0. The zero-order valence-corrected chi connectivity index (χ0v) is 14.0. The van der Waals surface area contributed by atoms with Crippen molar-refractivity contribution in [2.24, 2.45) is 0 Å². The van der Waals surface area contributed by atoms with Gasteiger partial charge in [0.05, 0.1) is 4.90 Å². The van der Waals surface area contributed by atoms with Crippen molar-refractivity contribution in [2.45, 2.75) is 25.2 Å². The lowest BCUT2D eigenvalue weighted by Crippen LogP contribution is -2.32. The molecule has 1 aromatic carbocycles. The second-order valence-corrected chi connectivity index (χ2v) is 6.74. The molecule has 0 aliphatic carbocycles. The summed E-state index contributed by atoms with van der Waals surface area (Å²) in [6, 6.07) is 6.86. The Morgan fingerprint density at radius 3 is 2.59 bits per heavy atom. The molecule has 0 N–H and O–H groups in total. The number of ether oxygens (including phenoxy) is 1. The third-order valence-corrected chi connectivity index (χ3v) is 4.92. The van der Waals surface area contributed by atoms with Crippen LogP contribution in [0, 0.1) is 18.8 Å². The fourth-order valence-corrected chi connectivity index (χ4v) is 3.30. The Morgan fingerprint density at radius 2 is 2.00 bits per heavy atom. The topological polar surface area (TPSA) is 46.6 Å². The van der Waals surface area contributed by atoms with Crippen molar-refractivity contribution in [3.63, 3.8) is 0 Å². The lowest BCUT2D eigenvalue weighted by Gasteiger charge is -2.20. The minimum absolute atomic E-state index is 0.283. The van der Waals surface area contributed by atoms with E-state index in [4.69, 9.17) is 4.74 Å². The Balaban J connectivity index is 2.69. The van der Waals surface area contributed by atoms with Crippen LogP contribution in [-0.2, 0) is 14.8 Å². The van der Waals surface area contributed by atoms with E-state index in [1.165, 1.54) is 4.31 Å². The van der Waals surface area contributed by atoms with Gasteiger partial charge in [0.2, 0.25) is 10.0 Å². The van der Waals surface area contributed by atoms with Crippen molar-refractivity contribution in [3.05, 3.63) is 42.5 Å². The highest BCUT2D eigenvalue weighted by atomic mass is 32.2. The van der Waals surface area contributed by atoms with Crippen molar-refractivity contribution in [2.75, 3.05) is 26.3 Å². The van der Waals surface area contributed by atoms with Gasteiger partial charge in [0.1, 0.15) is 6.61 Å². The van der Waals surface area contributed by atoms with Crippen LogP contribution in [0.5, 0.6) is 0 Å². The van der Waals surface area contributed by atoms with E-state index in [0.717, 1.165) is 5.56 Å². The molecule has 0 saturated carbocycles. The standard InChI is InChI=1S/C17H23NO3S/c1-4-6-14-21-15-7-13-18(12-5-2)22(19,20)17-10-8-16(3)9-11-17/h5,8-11H,2,7,12-15H2,1,3H3. The molecule has 120 valence electrons. The Labute approximate surface area is 133 Å². The monoisotopic (exact) mass is 321 g/mol. The maximum absolute atomic E-state index is 12.6. The van der Waals surface area contributed by atoms with Crippen molar-refractivity contribution >= 4 is 10.0 Å². The van der Waals surface area contributed by atoms with Crippen molar-refractivity contribution in [1.29, 1.82) is 0 Å². The molecule has 0 aliphatic rings. The van der Waals surface area contributed by atoms with E-state index in [1.54, 1.807) is 37.3 Å². The van der Waals surface area contributed by atoms with Crippen LogP contribution in [0.1, 0.15) is 18.9 Å². The minimum Gasteiger partial charge on any atom is -0.369 e. The number of benzene rings is 1. The summed E-state index contributed by atoms with van der Waals surface area (Å²) in [5, 5.41) is 0. The molecule has 0 saturated heterocycles. The molecule has 0 atom stereocenters. The van der Waals surface area contributed by atoms with Crippen molar-refractivity contribution in [3.8, 4) is 11.8 Å². The molecule has 0 aromatic heterocycles. The van der Waals surface area contributed by atoms with E-state index in [2.05, 4.69) is 18.4 Å². The van der Waals surface area contributed by atoms with E-state index in [9.17, 15) is 8.42 Å². The van der Waals surface area contributed by atoms with Crippen LogP contribution < -0.4 is 0 Å². The molecule has 0 aliphatic heterocycles. The highest BCUT2D eigenvalue weighted by Crippen LogP contribution is 2.16. The molecule has 0 unspecified atom stereocenters. The fraction of sp³-hybridized carbons (Fsp3) is 0.412. The van der Waals surface area contributed by atoms with Crippen molar-refractivity contribution < 1.29 is 13.2 Å². The zero-order valence-electron chi connectivity index (χ0n) is 13.2. The normalized spacial score (nSPS) is 11.0. The first-order valence-electron chi connectivity index (χ1n) is 7.17. The molecule has 5 heteroatoms. The van der Waals surface area contributed by atoms with Gasteiger partial charge in [0, 0.05) is 19.7 Å². The molecule has 1 aromatic rings. The van der Waals surface area contributed by atoms with Gasteiger partial charge in [0.25, 0.3) is 0 Å². The van der Waals surface area contributed by atoms with E-state index in [0.29, 0.717) is 31.1 Å². The number of hydrogen-bond acceptors (Lipinski definition) is 3. The van der Waals surface area contributed by atoms with E-state index >= 15 is 0 Å². The first-order chi connectivity index (χ1) is 10.5. The van der Waals surface area contributed by atoms with Crippen LogP contribution in [0.15, 0.2) is 41.8 Å². The van der Waals surface area contributed by atoms with Crippen LogP contribution >= 0.6 is 0 Å². The van der Waals surface area contributed by atoms with Gasteiger partial charge in [-0.05, 0) is 32.4 Å². The quantitative estimate of drug-likeness (QED) is 0.399. The summed E-state index contributed by atoms with van der Waals surface area (Å²) >= 11 is 0. The lowest BCUT2D eigenvalue weighted by molar-refractivity contribution is 0.159. The molecule has 0 heterocycles. The van der Waals surface area contributed by atoms with Gasteiger partial charge in [-0.1, -0.05) is 29.7 Å². The molecule has 0 fully saturated rings. The molecule has 0 bridgehead atoms. The van der Waals surface area contributed by atoms with Gasteiger partial charge >= 0.3 is 0 Å². The van der Waals surface area contributed by atoms with E-state index in [-0.39, 0.29) is 6.54 Å². The Hall–Kier alpha value is -1.61. The third kappa shape index (κ3) is 5.64. The van der Waals surface area contributed by atoms with Gasteiger partial charge in [-0.2, -0.15) is 4.31 Å². The van der Waals surface area contributed by atoms with E-state index < -0.39 is 10.0 Å². The number of sulfonamides is 1. The van der Waals surface area contributed by atoms with Gasteiger partial charge in [0.15, 0.2) is 0 Å². The van der Waals surface area contributed by atoms with Gasteiger partial charge in [-0.25, -0.2) is 8.42 Å². The van der Waals surface area contributed by atoms with Crippen LogP contribution in [-0.4, -0.2) is 39.0 Å². The second kappa shape index (κ2) is 9.42. The minimum atomic E-state index is -3.50. The highest BCUT2D eigenvalue weighted by molar-refractivity contribution is 7.89. The summed E-state index contributed by atoms with van der Waals surface area (Å²) in [5.41, 5.74) is 1.03. The van der Waals surface area contributed by atoms with Gasteiger partial charge in [-0.15, -0.1) is 12.5 Å². The molecule has 22 heavy (non-hydrogen) atoms. The summed E-state index contributed by atoms with van der Waals surface area (Å²) < 4.78 is 32.0. The predicted octanol–water partition coefficient (Wildman–Crippen LogP) is 2.60. The number of rotatable bonds is 9. The second-order valence-electron chi connectivity index (χ2n) is 4.80. The van der Waals surface area contributed by atoms with Crippen LogP contribution in [0.25, 0.3) is 0 Å². The molecule has 1 rings (SSSR count). The van der Waals surface area contributed by atoms with Gasteiger partial charge in [-0.3, -0.25) is 0 Å². The first-order valence-corrected chi connectivity index (χ1v) is 8.61. The fourth-order valence-electron chi connectivity index (χ4n) is 1.85. The maximum Gasteiger partial charge on any atom is 0.243 e. The molecular formula is C17H23NO3S. The highest BCUT2D eigenvalue weighted by Gasteiger charge is 2.22. The summed E-state index contributed by atoms with van der Waals surface area (Å²) in [5.74, 6) is 5.55. The SMILES string of the molecule is C=CCN(CCCOCC#CC)S(=O)(=O)c1ccc(C)cc1. The Morgan fingerprint density at radius 1 is 1.32 bits per heavy atom. The average molecular weight is 321 g/mol. The molecule has 0 spiro atoms. The predicted molar refractivity (Wildman–Crippen MR) is 89.0 cm³/mol. The average Bonchev–Trinajstić information content (AvgIpc) is 2.50. The molecule has 4 nitrogen and oxygen atoms in total. The molecule has 0 radical (unpaired) electrons. The molecular weight excluding hydrogens is 298 g/mol. The Bertz CT molecular complexity index is 624. The van der Waals surface area contributed by atoms with Gasteiger partial charge < -0.3 is 4.74 Å². The summed E-state index contributed by atoms with van der Waals surface area (Å²) in [7, 11) is -3.50. The zero-order chi connectivity index (χ0) is 16.4. The summed E-state index contributed by atoms with van der Waals surface area (Å²) in [4.78, 5) is 0.303. The first kappa shape index (κ1) is 18.4. The maximum atomic E-state index is 12.6. The van der Waals surface area contributed by atoms with Crippen LogP contribution in [0.2, 0.25) is 0 Å². The lowest BCUT2D eigenvalue weighted by atomic mass is 10.2. The van der Waals surface area contributed by atoms with E-state index in [1.807, 2.05) is 6.92 Å². The molecule has 0 amide bonds.